The van der Waals surface area contributed by atoms with Crippen molar-refractivity contribution >= 4 is 34.0 Å². The standard InChI is InChI=1S/C17H21N3OS2/c1-6-7-18-16-19-20-17(23-16)22-9-14-10(2)8-11(3)15(12(14)4)13(5)21/h6,8H,1,7,9H2,2-5H3,(H,18,19). The Morgan fingerprint density at radius 1 is 1.35 bits per heavy atom. The van der Waals surface area contributed by atoms with Gasteiger partial charge in [-0.25, -0.2) is 0 Å². The quantitative estimate of drug-likeness (QED) is 0.452. The lowest BCUT2D eigenvalue weighted by Crippen LogP contribution is -2.05. The van der Waals surface area contributed by atoms with Gasteiger partial charge in [-0.1, -0.05) is 35.2 Å². The van der Waals surface area contributed by atoms with Gasteiger partial charge in [-0.05, 0) is 49.9 Å². The van der Waals surface area contributed by atoms with Crippen LogP contribution < -0.4 is 5.32 Å². The number of anilines is 1. The first kappa shape index (κ1) is 17.7. The number of nitrogens with one attached hydrogen (secondary N) is 1. The van der Waals surface area contributed by atoms with Crippen molar-refractivity contribution in [1.82, 2.24) is 10.2 Å². The highest BCUT2D eigenvalue weighted by Crippen LogP contribution is 2.32. The van der Waals surface area contributed by atoms with E-state index >= 15 is 0 Å². The molecule has 0 radical (unpaired) electrons. The second-order valence-electron chi connectivity index (χ2n) is 5.38. The van der Waals surface area contributed by atoms with E-state index < -0.39 is 0 Å². The lowest BCUT2D eigenvalue weighted by Gasteiger charge is -2.15. The molecule has 0 aliphatic carbocycles. The fourth-order valence-corrected chi connectivity index (χ4v) is 4.57. The molecule has 0 aliphatic rings. The molecule has 0 amide bonds. The van der Waals surface area contributed by atoms with Gasteiger partial charge >= 0.3 is 0 Å². The maximum atomic E-state index is 11.9. The molecule has 0 fully saturated rings. The fraction of sp³-hybridized carbons (Fsp3) is 0.353. The van der Waals surface area contributed by atoms with Crippen molar-refractivity contribution < 1.29 is 4.79 Å². The molecule has 1 N–H and O–H groups in total. The summed E-state index contributed by atoms with van der Waals surface area (Å²) in [6.07, 6.45) is 1.79. The smallest absolute Gasteiger partial charge is 0.206 e. The van der Waals surface area contributed by atoms with Gasteiger partial charge < -0.3 is 5.32 Å². The SMILES string of the molecule is C=CCNc1nnc(SCc2c(C)cc(C)c(C(C)=O)c2C)s1. The lowest BCUT2D eigenvalue weighted by molar-refractivity contribution is 0.101. The highest BCUT2D eigenvalue weighted by Gasteiger charge is 2.15. The average molecular weight is 348 g/mol. The minimum atomic E-state index is 0.123. The highest BCUT2D eigenvalue weighted by molar-refractivity contribution is 8.00. The Balaban J connectivity index is 2.17. The minimum absolute atomic E-state index is 0.123. The summed E-state index contributed by atoms with van der Waals surface area (Å²) in [5.74, 6) is 0.909. The van der Waals surface area contributed by atoms with Crippen LogP contribution in [0.4, 0.5) is 5.13 Å². The topological polar surface area (TPSA) is 54.9 Å². The van der Waals surface area contributed by atoms with Crippen LogP contribution in [-0.4, -0.2) is 22.5 Å². The zero-order valence-corrected chi connectivity index (χ0v) is 15.5. The Hall–Kier alpha value is -1.66. The first-order valence-electron chi connectivity index (χ1n) is 7.35. The molecule has 0 bridgehead atoms. The van der Waals surface area contributed by atoms with Crippen LogP contribution in [0.25, 0.3) is 0 Å². The van der Waals surface area contributed by atoms with Crippen LogP contribution in [0.1, 0.15) is 39.5 Å². The van der Waals surface area contributed by atoms with Crippen molar-refractivity contribution in [3.8, 4) is 0 Å². The molecule has 23 heavy (non-hydrogen) atoms. The number of benzene rings is 1. The van der Waals surface area contributed by atoms with Crippen LogP contribution in [0, 0.1) is 20.8 Å². The summed E-state index contributed by atoms with van der Waals surface area (Å²) in [7, 11) is 0. The molecular weight excluding hydrogens is 326 g/mol. The Morgan fingerprint density at radius 2 is 2.09 bits per heavy atom. The Kier molecular flexibility index (Phi) is 5.96. The maximum Gasteiger partial charge on any atom is 0.206 e. The number of Topliss-reactive ketones (excluding diaryl/α,β-unsaturated/α-hetero) is 1. The van der Waals surface area contributed by atoms with Gasteiger partial charge in [0.25, 0.3) is 0 Å². The molecule has 0 unspecified atom stereocenters. The Labute approximate surface area is 145 Å². The number of ketones is 1. The van der Waals surface area contributed by atoms with Gasteiger partial charge in [-0.3, -0.25) is 4.79 Å². The van der Waals surface area contributed by atoms with Crippen LogP contribution >= 0.6 is 23.1 Å². The zero-order valence-electron chi connectivity index (χ0n) is 13.9. The molecule has 2 aromatic rings. The number of aromatic nitrogens is 2. The van der Waals surface area contributed by atoms with E-state index in [0.717, 1.165) is 31.9 Å². The number of aryl methyl sites for hydroxylation is 2. The Bertz CT molecular complexity index is 738. The van der Waals surface area contributed by atoms with E-state index in [1.807, 2.05) is 13.8 Å². The molecule has 0 aliphatic heterocycles. The van der Waals surface area contributed by atoms with Gasteiger partial charge in [-0.15, -0.1) is 16.8 Å². The van der Waals surface area contributed by atoms with Crippen molar-refractivity contribution in [3.63, 3.8) is 0 Å². The van der Waals surface area contributed by atoms with Crippen molar-refractivity contribution in [2.24, 2.45) is 0 Å². The zero-order chi connectivity index (χ0) is 17.0. The fourth-order valence-electron chi connectivity index (χ4n) is 2.62. The van der Waals surface area contributed by atoms with Gasteiger partial charge in [0.05, 0.1) is 0 Å². The number of hydrogen-bond acceptors (Lipinski definition) is 6. The molecule has 0 saturated carbocycles. The summed E-state index contributed by atoms with van der Waals surface area (Å²) in [5, 5.41) is 12.2. The van der Waals surface area contributed by atoms with Crippen molar-refractivity contribution in [2.45, 2.75) is 37.8 Å². The van der Waals surface area contributed by atoms with Gasteiger partial charge in [0, 0.05) is 17.9 Å². The molecular formula is C17H21N3OS2. The second kappa shape index (κ2) is 7.75. The first-order chi connectivity index (χ1) is 10.9. The van der Waals surface area contributed by atoms with Crippen LogP contribution in [-0.2, 0) is 5.75 Å². The number of carbonyl (C=O) groups excluding carboxylic acids is 1. The van der Waals surface area contributed by atoms with Crippen molar-refractivity contribution in [3.05, 3.63) is 46.5 Å². The van der Waals surface area contributed by atoms with Crippen molar-refractivity contribution in [1.29, 1.82) is 0 Å². The number of thioether (sulfide) groups is 1. The molecule has 0 saturated heterocycles. The normalized spacial score (nSPS) is 10.6. The van der Waals surface area contributed by atoms with E-state index in [2.05, 4.69) is 35.1 Å². The maximum absolute atomic E-state index is 11.9. The lowest BCUT2D eigenvalue weighted by atomic mass is 9.92. The number of carbonyl (C=O) groups is 1. The van der Waals surface area contributed by atoms with E-state index in [1.165, 1.54) is 22.5 Å². The summed E-state index contributed by atoms with van der Waals surface area (Å²) < 4.78 is 0.917. The second-order valence-corrected chi connectivity index (χ2v) is 7.58. The largest absolute Gasteiger partial charge is 0.357 e. The third-order valence-electron chi connectivity index (χ3n) is 3.63. The van der Waals surface area contributed by atoms with Gasteiger partial charge in [0.15, 0.2) is 10.1 Å². The summed E-state index contributed by atoms with van der Waals surface area (Å²) >= 11 is 3.18. The molecule has 1 aromatic carbocycles. The third-order valence-corrected chi connectivity index (χ3v) is 5.67. The third kappa shape index (κ3) is 4.20. The van der Waals surface area contributed by atoms with Gasteiger partial charge in [0.2, 0.25) is 5.13 Å². The number of hydrogen-bond donors (Lipinski definition) is 1. The minimum Gasteiger partial charge on any atom is -0.357 e. The molecule has 4 nitrogen and oxygen atoms in total. The predicted molar refractivity (Wildman–Crippen MR) is 98.8 cm³/mol. The van der Waals surface area contributed by atoms with Crippen molar-refractivity contribution in [2.75, 3.05) is 11.9 Å². The van der Waals surface area contributed by atoms with E-state index in [-0.39, 0.29) is 5.78 Å². The summed E-state index contributed by atoms with van der Waals surface area (Å²) in [4.78, 5) is 11.9. The number of rotatable bonds is 7. The van der Waals surface area contributed by atoms with Crippen LogP contribution in [0.3, 0.4) is 0 Å². The van der Waals surface area contributed by atoms with E-state index in [9.17, 15) is 4.79 Å². The summed E-state index contributed by atoms with van der Waals surface area (Å²) in [5.41, 5.74) is 5.40. The molecule has 122 valence electrons. The van der Waals surface area contributed by atoms with E-state index in [1.54, 1.807) is 24.8 Å². The molecule has 1 heterocycles. The van der Waals surface area contributed by atoms with Gasteiger partial charge in [0.1, 0.15) is 0 Å². The highest BCUT2D eigenvalue weighted by atomic mass is 32.2. The van der Waals surface area contributed by atoms with Crippen LogP contribution in [0.5, 0.6) is 0 Å². The molecule has 0 spiro atoms. The van der Waals surface area contributed by atoms with Crippen LogP contribution in [0.2, 0.25) is 0 Å². The molecule has 0 atom stereocenters. The van der Waals surface area contributed by atoms with E-state index in [0.29, 0.717) is 6.54 Å². The Morgan fingerprint density at radius 3 is 2.74 bits per heavy atom. The molecule has 2 rings (SSSR count). The number of nitrogens with zero attached hydrogens (tertiary/aromatic N) is 2. The first-order valence-corrected chi connectivity index (χ1v) is 9.16. The molecule has 1 aromatic heterocycles. The van der Waals surface area contributed by atoms with Gasteiger partial charge in [-0.2, -0.15) is 0 Å². The summed E-state index contributed by atoms with van der Waals surface area (Å²) in [6.45, 7) is 12.1. The predicted octanol–water partition coefficient (Wildman–Crippen LogP) is 4.56. The average Bonchev–Trinajstić information content (AvgIpc) is 2.91. The van der Waals surface area contributed by atoms with E-state index in [4.69, 9.17) is 0 Å². The van der Waals surface area contributed by atoms with Crippen LogP contribution in [0.15, 0.2) is 23.1 Å². The monoisotopic (exact) mass is 347 g/mol. The molecule has 6 heteroatoms. The summed E-state index contributed by atoms with van der Waals surface area (Å²) in [6, 6.07) is 2.09.